The van der Waals surface area contributed by atoms with Crippen LogP contribution in [0.2, 0.25) is 0 Å². The van der Waals surface area contributed by atoms with Crippen molar-refractivity contribution in [1.82, 2.24) is 0 Å². The molecule has 0 aliphatic heterocycles. The van der Waals surface area contributed by atoms with Crippen LogP contribution >= 0.6 is 0 Å². The SMILES string of the molecule is Cc1ccc(C(N)C(F)(F)F)cc1[N+](=O)[O-]. The summed E-state index contributed by atoms with van der Waals surface area (Å²) < 4.78 is 36.8. The van der Waals surface area contributed by atoms with Gasteiger partial charge in [0, 0.05) is 11.6 Å². The number of aryl methyl sites for hydroxylation is 1. The lowest BCUT2D eigenvalue weighted by atomic mass is 10.0. The number of nitrogens with two attached hydrogens (primary N) is 1. The minimum absolute atomic E-state index is 0.295. The highest BCUT2D eigenvalue weighted by atomic mass is 19.4. The molecule has 0 aliphatic carbocycles. The zero-order valence-electron chi connectivity index (χ0n) is 8.28. The topological polar surface area (TPSA) is 69.2 Å². The third-order valence-electron chi connectivity index (χ3n) is 2.14. The molecule has 0 fully saturated rings. The molecule has 1 unspecified atom stereocenters. The molecule has 0 saturated carbocycles. The van der Waals surface area contributed by atoms with Crippen molar-refractivity contribution in [2.24, 2.45) is 5.73 Å². The zero-order chi connectivity index (χ0) is 12.5. The van der Waals surface area contributed by atoms with E-state index >= 15 is 0 Å². The first kappa shape index (κ1) is 12.4. The molecule has 7 heteroatoms. The van der Waals surface area contributed by atoms with Crippen molar-refractivity contribution in [2.45, 2.75) is 19.1 Å². The van der Waals surface area contributed by atoms with E-state index in [0.717, 1.165) is 12.1 Å². The smallest absolute Gasteiger partial charge is 0.316 e. The number of rotatable bonds is 2. The Balaban J connectivity index is 3.18. The van der Waals surface area contributed by atoms with E-state index in [9.17, 15) is 23.3 Å². The van der Waals surface area contributed by atoms with Crippen LogP contribution in [0.25, 0.3) is 0 Å². The molecule has 0 bridgehead atoms. The van der Waals surface area contributed by atoms with Crippen LogP contribution in [0, 0.1) is 17.0 Å². The summed E-state index contributed by atoms with van der Waals surface area (Å²) in [5.41, 5.74) is 4.56. The molecule has 1 rings (SSSR count). The molecule has 1 aromatic rings. The Kier molecular flexibility index (Phi) is 3.18. The van der Waals surface area contributed by atoms with Crippen molar-refractivity contribution >= 4 is 5.69 Å². The molecule has 0 heterocycles. The first-order chi connectivity index (χ1) is 7.23. The van der Waals surface area contributed by atoms with Crippen LogP contribution < -0.4 is 5.73 Å². The zero-order valence-corrected chi connectivity index (χ0v) is 8.28. The van der Waals surface area contributed by atoms with Crippen molar-refractivity contribution in [3.63, 3.8) is 0 Å². The van der Waals surface area contributed by atoms with E-state index in [0.29, 0.717) is 5.56 Å². The van der Waals surface area contributed by atoms with Gasteiger partial charge in [0.1, 0.15) is 6.04 Å². The first-order valence-electron chi connectivity index (χ1n) is 4.30. The standard InChI is InChI=1S/C9H9F3N2O2/c1-5-2-3-6(4-7(5)14(15)16)8(13)9(10,11)12/h2-4,8H,13H2,1H3. The maximum atomic E-state index is 12.3. The average Bonchev–Trinajstić information content (AvgIpc) is 2.15. The van der Waals surface area contributed by atoms with Gasteiger partial charge in [-0.25, -0.2) is 0 Å². The van der Waals surface area contributed by atoms with E-state index < -0.39 is 17.1 Å². The van der Waals surface area contributed by atoms with E-state index in [2.05, 4.69) is 0 Å². The largest absolute Gasteiger partial charge is 0.407 e. The van der Waals surface area contributed by atoms with Crippen LogP contribution in [-0.2, 0) is 0 Å². The Morgan fingerprint density at radius 1 is 1.44 bits per heavy atom. The predicted octanol–water partition coefficient (Wildman–Crippen LogP) is 2.47. The van der Waals surface area contributed by atoms with Gasteiger partial charge in [0.25, 0.3) is 5.69 Å². The number of alkyl halides is 3. The van der Waals surface area contributed by atoms with E-state index in [1.165, 1.54) is 13.0 Å². The van der Waals surface area contributed by atoms with E-state index in [-0.39, 0.29) is 11.3 Å². The second-order valence-corrected chi connectivity index (χ2v) is 3.32. The molecule has 1 aromatic carbocycles. The number of nitro benzene ring substituents is 1. The molecule has 1 atom stereocenters. The fraction of sp³-hybridized carbons (Fsp3) is 0.333. The highest BCUT2D eigenvalue weighted by Gasteiger charge is 2.38. The fourth-order valence-electron chi connectivity index (χ4n) is 1.21. The summed E-state index contributed by atoms with van der Waals surface area (Å²) in [6.07, 6.45) is -4.61. The van der Waals surface area contributed by atoms with E-state index in [1.54, 1.807) is 0 Å². The van der Waals surface area contributed by atoms with Crippen LogP contribution in [0.5, 0.6) is 0 Å². The van der Waals surface area contributed by atoms with Gasteiger partial charge in [-0.05, 0) is 12.5 Å². The number of nitro groups is 1. The van der Waals surface area contributed by atoms with Gasteiger partial charge in [-0.2, -0.15) is 13.2 Å². The number of hydrogen-bond donors (Lipinski definition) is 1. The number of hydrogen-bond acceptors (Lipinski definition) is 3. The minimum Gasteiger partial charge on any atom is -0.316 e. The molecule has 2 N–H and O–H groups in total. The molecular weight excluding hydrogens is 225 g/mol. The first-order valence-corrected chi connectivity index (χ1v) is 4.30. The van der Waals surface area contributed by atoms with Crippen LogP contribution in [0.4, 0.5) is 18.9 Å². The quantitative estimate of drug-likeness (QED) is 0.631. The Morgan fingerprint density at radius 2 is 2.00 bits per heavy atom. The van der Waals surface area contributed by atoms with Gasteiger partial charge in [0.05, 0.1) is 4.92 Å². The van der Waals surface area contributed by atoms with Crippen molar-refractivity contribution in [3.05, 3.63) is 39.4 Å². The van der Waals surface area contributed by atoms with Gasteiger partial charge in [0.15, 0.2) is 0 Å². The lowest BCUT2D eigenvalue weighted by Crippen LogP contribution is -2.28. The Labute approximate surface area is 89.0 Å². The predicted molar refractivity (Wildman–Crippen MR) is 50.8 cm³/mol. The summed E-state index contributed by atoms with van der Waals surface area (Å²) in [5.74, 6) is 0. The monoisotopic (exact) mass is 234 g/mol. The van der Waals surface area contributed by atoms with Gasteiger partial charge in [-0.1, -0.05) is 12.1 Å². The molecule has 0 spiro atoms. The summed E-state index contributed by atoms with van der Waals surface area (Å²) in [5, 5.41) is 10.5. The van der Waals surface area contributed by atoms with Crippen LogP contribution in [-0.4, -0.2) is 11.1 Å². The normalized spacial score (nSPS) is 13.6. The second-order valence-electron chi connectivity index (χ2n) is 3.32. The summed E-state index contributed by atoms with van der Waals surface area (Å²) >= 11 is 0. The van der Waals surface area contributed by atoms with E-state index in [1.807, 2.05) is 0 Å². The fourth-order valence-corrected chi connectivity index (χ4v) is 1.21. The minimum atomic E-state index is -4.61. The number of nitrogens with zero attached hydrogens (tertiary/aromatic N) is 1. The Hall–Kier alpha value is -1.63. The molecule has 0 saturated heterocycles. The summed E-state index contributed by atoms with van der Waals surface area (Å²) in [6.45, 7) is 1.45. The maximum absolute atomic E-state index is 12.3. The van der Waals surface area contributed by atoms with Crippen molar-refractivity contribution in [3.8, 4) is 0 Å². The average molecular weight is 234 g/mol. The third kappa shape index (κ3) is 2.48. The lowest BCUT2D eigenvalue weighted by molar-refractivity contribution is -0.385. The molecule has 4 nitrogen and oxygen atoms in total. The molecule has 0 amide bonds. The van der Waals surface area contributed by atoms with E-state index in [4.69, 9.17) is 5.73 Å². The summed E-state index contributed by atoms with van der Waals surface area (Å²) in [6, 6.07) is 1.04. The van der Waals surface area contributed by atoms with Crippen molar-refractivity contribution < 1.29 is 18.1 Å². The van der Waals surface area contributed by atoms with Gasteiger partial charge in [-0.3, -0.25) is 10.1 Å². The van der Waals surface area contributed by atoms with Crippen LogP contribution in [0.3, 0.4) is 0 Å². The molecule has 0 aliphatic rings. The number of benzene rings is 1. The second kappa shape index (κ2) is 4.09. The van der Waals surface area contributed by atoms with Gasteiger partial charge in [-0.15, -0.1) is 0 Å². The number of halogens is 3. The Bertz CT molecular complexity index is 418. The van der Waals surface area contributed by atoms with Gasteiger partial charge >= 0.3 is 6.18 Å². The molecule has 0 radical (unpaired) electrons. The maximum Gasteiger partial charge on any atom is 0.407 e. The highest BCUT2D eigenvalue weighted by molar-refractivity contribution is 5.43. The summed E-state index contributed by atoms with van der Waals surface area (Å²) in [7, 11) is 0. The Morgan fingerprint density at radius 3 is 2.44 bits per heavy atom. The van der Waals surface area contributed by atoms with Crippen molar-refractivity contribution in [1.29, 1.82) is 0 Å². The van der Waals surface area contributed by atoms with Crippen LogP contribution in [0.1, 0.15) is 17.2 Å². The van der Waals surface area contributed by atoms with Gasteiger partial charge in [0.2, 0.25) is 0 Å². The van der Waals surface area contributed by atoms with Crippen molar-refractivity contribution in [2.75, 3.05) is 0 Å². The van der Waals surface area contributed by atoms with Crippen LogP contribution in [0.15, 0.2) is 18.2 Å². The molecule has 88 valence electrons. The van der Waals surface area contributed by atoms with Gasteiger partial charge < -0.3 is 5.73 Å². The lowest BCUT2D eigenvalue weighted by Gasteiger charge is -2.15. The molecular formula is C9H9F3N2O2. The third-order valence-corrected chi connectivity index (χ3v) is 2.14. The highest BCUT2D eigenvalue weighted by Crippen LogP contribution is 2.32. The summed E-state index contributed by atoms with van der Waals surface area (Å²) in [4.78, 5) is 9.80. The molecule has 16 heavy (non-hydrogen) atoms. The molecule has 0 aromatic heterocycles.